The van der Waals surface area contributed by atoms with E-state index in [1.54, 1.807) is 12.1 Å². The van der Waals surface area contributed by atoms with E-state index < -0.39 is 0 Å². The van der Waals surface area contributed by atoms with Gasteiger partial charge >= 0.3 is 0 Å². The van der Waals surface area contributed by atoms with Crippen LogP contribution in [0.5, 0.6) is 0 Å². The second-order valence-corrected chi connectivity index (χ2v) is 9.01. The van der Waals surface area contributed by atoms with Crippen LogP contribution in [0.1, 0.15) is 25.7 Å². The summed E-state index contributed by atoms with van der Waals surface area (Å²) >= 11 is 0. The number of hydrogen-bond donors (Lipinski definition) is 1. The minimum absolute atomic E-state index is 0.287. The molecular weight excluding hydrogens is 433 g/mol. The van der Waals surface area contributed by atoms with Gasteiger partial charge in [-0.2, -0.15) is 0 Å². The molecule has 0 atom stereocenters. The van der Waals surface area contributed by atoms with Crippen molar-refractivity contribution >= 4 is 22.7 Å². The highest BCUT2D eigenvalue weighted by Crippen LogP contribution is 2.43. The van der Waals surface area contributed by atoms with Gasteiger partial charge in [0.05, 0.1) is 11.5 Å². The maximum atomic E-state index is 13.8. The number of rotatable bonds is 4. The smallest absolute Gasteiger partial charge is 0.232 e. The minimum atomic E-state index is -0.295. The monoisotopic (exact) mass is 459 g/mol. The minimum Gasteiger partial charge on any atom is -0.437 e. The van der Waals surface area contributed by atoms with Crippen LogP contribution < -0.4 is 9.80 Å². The normalized spacial score (nSPS) is 17.1. The zero-order chi connectivity index (χ0) is 23.1. The van der Waals surface area contributed by atoms with E-state index in [0.717, 1.165) is 46.8 Å². The number of aliphatic hydroxyl groups excluding tert-OH is 1. The molecule has 3 aromatic heterocycles. The molecule has 0 radical (unpaired) electrons. The molecule has 0 bridgehead atoms. The van der Waals surface area contributed by atoms with E-state index in [1.165, 1.54) is 31.3 Å². The van der Waals surface area contributed by atoms with Crippen molar-refractivity contribution in [3.05, 3.63) is 54.7 Å². The van der Waals surface area contributed by atoms with Crippen LogP contribution in [-0.2, 0) is 0 Å². The average Bonchev–Trinajstić information content (AvgIpc) is 3.54. The lowest BCUT2D eigenvalue weighted by molar-refractivity contribution is 0.145. The van der Waals surface area contributed by atoms with Crippen molar-refractivity contribution in [3.8, 4) is 22.5 Å². The second kappa shape index (κ2) is 8.68. The summed E-state index contributed by atoms with van der Waals surface area (Å²) in [6, 6.07) is 10.5. The van der Waals surface area contributed by atoms with Gasteiger partial charge in [0.1, 0.15) is 29.5 Å². The van der Waals surface area contributed by atoms with E-state index in [4.69, 9.17) is 9.40 Å². The summed E-state index contributed by atoms with van der Waals surface area (Å²) in [7, 11) is 0. The number of halogens is 1. The van der Waals surface area contributed by atoms with Gasteiger partial charge in [-0.15, -0.1) is 0 Å². The van der Waals surface area contributed by atoms with Gasteiger partial charge in [0.2, 0.25) is 5.71 Å². The van der Waals surface area contributed by atoms with Crippen LogP contribution in [0.2, 0.25) is 0 Å². The van der Waals surface area contributed by atoms with Gasteiger partial charge in [-0.25, -0.2) is 19.3 Å². The molecule has 2 fully saturated rings. The zero-order valence-corrected chi connectivity index (χ0v) is 18.8. The van der Waals surface area contributed by atoms with Crippen molar-refractivity contribution in [2.45, 2.75) is 31.8 Å². The van der Waals surface area contributed by atoms with Crippen LogP contribution in [0.3, 0.4) is 0 Å². The molecule has 4 aromatic rings. The predicted octanol–water partition coefficient (Wildman–Crippen LogP) is 4.65. The molecule has 0 amide bonds. The van der Waals surface area contributed by atoms with Crippen LogP contribution in [0, 0.1) is 5.82 Å². The molecule has 0 unspecified atom stereocenters. The Labute approximate surface area is 196 Å². The molecule has 5 heterocycles. The second-order valence-electron chi connectivity index (χ2n) is 9.01. The van der Waals surface area contributed by atoms with E-state index in [-0.39, 0.29) is 11.9 Å². The molecule has 0 saturated carbocycles. The molecule has 8 heteroatoms. The fourth-order valence-corrected chi connectivity index (χ4v) is 4.98. The summed E-state index contributed by atoms with van der Waals surface area (Å²) in [4.78, 5) is 18.2. The van der Waals surface area contributed by atoms with Gasteiger partial charge in [-0.3, -0.25) is 0 Å². The third-order valence-corrected chi connectivity index (χ3v) is 6.81. The van der Waals surface area contributed by atoms with Crippen LogP contribution in [-0.4, -0.2) is 52.3 Å². The average molecular weight is 460 g/mol. The fraction of sp³-hybridized carbons (Fsp3) is 0.346. The Morgan fingerprint density at radius 2 is 1.59 bits per heavy atom. The largest absolute Gasteiger partial charge is 0.437 e. The zero-order valence-electron chi connectivity index (χ0n) is 18.8. The molecule has 7 nitrogen and oxygen atoms in total. The molecule has 1 aromatic carbocycles. The van der Waals surface area contributed by atoms with Crippen molar-refractivity contribution in [2.75, 3.05) is 36.0 Å². The highest BCUT2D eigenvalue weighted by atomic mass is 19.1. The molecule has 0 aliphatic carbocycles. The molecule has 0 spiro atoms. The summed E-state index contributed by atoms with van der Waals surface area (Å²) in [5, 5.41) is 10.8. The standard InChI is InChI=1S/C26H26FN5O2/c27-19-6-3-17(4-7-19)22-23-25(32-13-9-20(33)10-14-32)29-16-30-26(23)34-24(22)18-5-8-21(28-15-18)31-11-1-2-12-31/h3-8,15-16,20,33H,1-2,9-14H2. The Hall–Kier alpha value is -3.52. The Kier molecular flexibility index (Phi) is 5.37. The van der Waals surface area contributed by atoms with Crippen molar-refractivity contribution < 1.29 is 13.9 Å². The molecule has 6 rings (SSSR count). The first-order chi connectivity index (χ1) is 16.7. The predicted molar refractivity (Wildman–Crippen MR) is 129 cm³/mol. The SMILES string of the molecule is OC1CCN(c2ncnc3oc(-c4ccc(N5CCCC5)nc4)c(-c4ccc(F)cc4)c23)CC1. The van der Waals surface area contributed by atoms with Crippen LogP contribution in [0.4, 0.5) is 16.0 Å². The van der Waals surface area contributed by atoms with Crippen molar-refractivity contribution in [3.63, 3.8) is 0 Å². The van der Waals surface area contributed by atoms with Crippen LogP contribution in [0.15, 0.2) is 53.3 Å². The molecule has 174 valence electrons. The number of furan rings is 1. The lowest BCUT2D eigenvalue weighted by atomic mass is 9.99. The summed E-state index contributed by atoms with van der Waals surface area (Å²) in [6.45, 7) is 3.45. The quantitative estimate of drug-likeness (QED) is 0.476. The topological polar surface area (TPSA) is 78.5 Å². The highest BCUT2D eigenvalue weighted by Gasteiger charge is 2.27. The Bertz CT molecular complexity index is 1290. The number of aliphatic hydroxyl groups is 1. The van der Waals surface area contributed by atoms with Crippen molar-refractivity contribution in [1.29, 1.82) is 0 Å². The number of nitrogens with zero attached hydrogens (tertiary/aromatic N) is 5. The summed E-state index contributed by atoms with van der Waals surface area (Å²) < 4.78 is 20.1. The van der Waals surface area contributed by atoms with Crippen molar-refractivity contribution in [1.82, 2.24) is 15.0 Å². The number of aromatic nitrogens is 3. The number of pyridine rings is 1. The maximum Gasteiger partial charge on any atom is 0.232 e. The van der Waals surface area contributed by atoms with Crippen LogP contribution in [0.25, 0.3) is 33.6 Å². The summed E-state index contributed by atoms with van der Waals surface area (Å²) in [5.74, 6) is 2.08. The number of hydrogen-bond acceptors (Lipinski definition) is 7. The first-order valence-electron chi connectivity index (χ1n) is 11.9. The van der Waals surface area contributed by atoms with Gasteiger partial charge in [0.25, 0.3) is 0 Å². The van der Waals surface area contributed by atoms with Gasteiger partial charge in [0, 0.05) is 43.5 Å². The first-order valence-corrected chi connectivity index (χ1v) is 11.9. The lowest BCUT2D eigenvalue weighted by Gasteiger charge is -2.30. The van der Waals surface area contributed by atoms with E-state index >= 15 is 0 Å². The first kappa shape index (κ1) is 21.0. The van der Waals surface area contributed by atoms with E-state index in [1.807, 2.05) is 18.3 Å². The molecular formula is C26H26FN5O2. The van der Waals surface area contributed by atoms with E-state index in [9.17, 15) is 9.50 Å². The summed E-state index contributed by atoms with van der Waals surface area (Å²) in [6.07, 6.45) is 6.81. The number of anilines is 2. The molecule has 2 saturated heterocycles. The van der Waals surface area contributed by atoms with E-state index in [0.29, 0.717) is 37.4 Å². The third-order valence-electron chi connectivity index (χ3n) is 6.81. The highest BCUT2D eigenvalue weighted by molar-refractivity contribution is 6.06. The van der Waals surface area contributed by atoms with Crippen molar-refractivity contribution in [2.24, 2.45) is 0 Å². The van der Waals surface area contributed by atoms with Crippen LogP contribution >= 0.6 is 0 Å². The van der Waals surface area contributed by atoms with Gasteiger partial charge in [0.15, 0.2) is 0 Å². The molecule has 2 aliphatic heterocycles. The summed E-state index contributed by atoms with van der Waals surface area (Å²) in [5.41, 5.74) is 2.97. The Morgan fingerprint density at radius 3 is 2.29 bits per heavy atom. The maximum absolute atomic E-state index is 13.8. The molecule has 1 N–H and O–H groups in total. The van der Waals surface area contributed by atoms with Gasteiger partial charge < -0.3 is 19.3 Å². The fourth-order valence-electron chi connectivity index (χ4n) is 4.98. The number of fused-ring (bicyclic) bond motifs is 1. The number of piperidine rings is 1. The molecule has 34 heavy (non-hydrogen) atoms. The third kappa shape index (κ3) is 3.77. The molecule has 2 aliphatic rings. The Morgan fingerprint density at radius 1 is 0.853 bits per heavy atom. The lowest BCUT2D eigenvalue weighted by Crippen LogP contribution is -2.36. The number of benzene rings is 1. The van der Waals surface area contributed by atoms with Gasteiger partial charge in [-0.05, 0) is 55.5 Å². The van der Waals surface area contributed by atoms with Gasteiger partial charge in [-0.1, -0.05) is 12.1 Å². The van der Waals surface area contributed by atoms with E-state index in [2.05, 4.69) is 19.8 Å². The Balaban J connectivity index is 1.50.